The van der Waals surface area contributed by atoms with E-state index in [9.17, 15) is 9.18 Å². The SMILES string of the molecule is CC/C=C(\C/C=C(/F)CCCC(=O)O)NCc1cccc(-c2c(C)cc(OCC(C)(C)COC)cc2C)c1. The molecule has 6 heteroatoms. The normalized spacial score (nSPS) is 12.5. The van der Waals surface area contributed by atoms with Crippen LogP contribution in [-0.4, -0.2) is 31.4 Å². The molecular formula is C32H44FNO4. The number of allylic oxidation sites excluding steroid dienone is 3. The predicted molar refractivity (Wildman–Crippen MR) is 153 cm³/mol. The maximum absolute atomic E-state index is 14.1. The lowest BCUT2D eigenvalue weighted by Gasteiger charge is -2.24. The maximum Gasteiger partial charge on any atom is 0.303 e. The Kier molecular flexibility index (Phi) is 12.5. The highest BCUT2D eigenvalue weighted by Gasteiger charge is 2.19. The number of carboxylic acid groups (broad SMARTS) is 1. The monoisotopic (exact) mass is 525 g/mol. The molecular weight excluding hydrogens is 481 g/mol. The second-order valence-electron chi connectivity index (χ2n) is 10.6. The Bertz CT molecular complexity index is 1100. The molecule has 0 saturated carbocycles. The highest BCUT2D eigenvalue weighted by atomic mass is 19.1. The Hall–Kier alpha value is -3.12. The van der Waals surface area contributed by atoms with Crippen LogP contribution in [0, 0.1) is 19.3 Å². The van der Waals surface area contributed by atoms with Crippen molar-refractivity contribution >= 4 is 5.97 Å². The molecule has 38 heavy (non-hydrogen) atoms. The molecule has 0 amide bonds. The first-order valence-electron chi connectivity index (χ1n) is 13.4. The van der Waals surface area contributed by atoms with Crippen molar-refractivity contribution in [1.29, 1.82) is 0 Å². The lowest BCUT2D eigenvalue weighted by molar-refractivity contribution is -0.137. The molecule has 5 nitrogen and oxygen atoms in total. The van der Waals surface area contributed by atoms with Crippen LogP contribution in [0.2, 0.25) is 0 Å². The van der Waals surface area contributed by atoms with Crippen LogP contribution in [0.3, 0.4) is 0 Å². The molecule has 0 heterocycles. The molecule has 0 aliphatic rings. The molecule has 2 aromatic carbocycles. The highest BCUT2D eigenvalue weighted by Crippen LogP contribution is 2.32. The molecule has 0 unspecified atom stereocenters. The van der Waals surface area contributed by atoms with Gasteiger partial charge in [0.15, 0.2) is 0 Å². The van der Waals surface area contributed by atoms with Crippen LogP contribution in [0.1, 0.15) is 69.6 Å². The van der Waals surface area contributed by atoms with Gasteiger partial charge >= 0.3 is 5.97 Å². The summed E-state index contributed by atoms with van der Waals surface area (Å²) in [6.45, 7) is 12.4. The molecule has 0 aromatic heterocycles. The van der Waals surface area contributed by atoms with Gasteiger partial charge in [0.1, 0.15) is 5.75 Å². The van der Waals surface area contributed by atoms with E-state index in [1.807, 2.05) is 6.92 Å². The summed E-state index contributed by atoms with van der Waals surface area (Å²) in [5.74, 6) is -0.300. The Labute approximate surface area is 227 Å². The molecule has 2 aromatic rings. The fourth-order valence-corrected chi connectivity index (χ4v) is 4.43. The molecule has 2 N–H and O–H groups in total. The zero-order valence-corrected chi connectivity index (χ0v) is 23.8. The summed E-state index contributed by atoms with van der Waals surface area (Å²) < 4.78 is 25.5. The van der Waals surface area contributed by atoms with Crippen molar-refractivity contribution in [3.8, 4) is 16.9 Å². The molecule has 0 aliphatic heterocycles. The Morgan fingerprint density at radius 2 is 1.79 bits per heavy atom. The first kappa shape index (κ1) is 31.1. The summed E-state index contributed by atoms with van der Waals surface area (Å²) >= 11 is 0. The standard InChI is InChI=1S/C32H44FNO4/c1-7-10-28(16-15-27(33)13-9-14-30(35)36)34-20-25-11-8-12-26(19-25)31-23(2)17-29(18-24(31)3)38-22-32(4,5)21-37-6/h8,10-12,15,17-19,34H,7,9,13-14,16,20-22H2,1-6H3,(H,35,36)/b27-15+,28-10+. The van der Waals surface area contributed by atoms with Crippen molar-refractivity contribution in [2.45, 2.75) is 73.3 Å². The van der Waals surface area contributed by atoms with Crippen molar-refractivity contribution in [2.75, 3.05) is 20.3 Å². The van der Waals surface area contributed by atoms with Gasteiger partial charge in [-0.15, -0.1) is 0 Å². The van der Waals surface area contributed by atoms with E-state index in [-0.39, 0.29) is 24.1 Å². The van der Waals surface area contributed by atoms with E-state index in [4.69, 9.17) is 14.6 Å². The van der Waals surface area contributed by atoms with Gasteiger partial charge in [-0.2, -0.15) is 0 Å². The van der Waals surface area contributed by atoms with Gasteiger partial charge in [0.05, 0.1) is 19.0 Å². The summed E-state index contributed by atoms with van der Waals surface area (Å²) in [6.07, 6.45) is 5.34. The highest BCUT2D eigenvalue weighted by molar-refractivity contribution is 5.72. The fourth-order valence-electron chi connectivity index (χ4n) is 4.43. The minimum atomic E-state index is -0.898. The van der Waals surface area contributed by atoms with Gasteiger partial charge in [0, 0.05) is 37.6 Å². The van der Waals surface area contributed by atoms with Crippen molar-refractivity contribution in [3.63, 3.8) is 0 Å². The van der Waals surface area contributed by atoms with Crippen molar-refractivity contribution in [3.05, 3.63) is 76.8 Å². The zero-order chi connectivity index (χ0) is 28.1. The van der Waals surface area contributed by atoms with Gasteiger partial charge in [-0.05, 0) is 85.2 Å². The van der Waals surface area contributed by atoms with Crippen LogP contribution in [0.25, 0.3) is 11.1 Å². The van der Waals surface area contributed by atoms with Crippen LogP contribution in [0.5, 0.6) is 5.75 Å². The van der Waals surface area contributed by atoms with E-state index >= 15 is 0 Å². The second-order valence-corrected chi connectivity index (χ2v) is 10.6. The molecule has 0 fully saturated rings. The molecule has 2 rings (SSSR count). The second kappa shape index (κ2) is 15.3. The average molecular weight is 526 g/mol. The van der Waals surface area contributed by atoms with Crippen LogP contribution >= 0.6 is 0 Å². The van der Waals surface area contributed by atoms with Gasteiger partial charge < -0.3 is 19.9 Å². The van der Waals surface area contributed by atoms with E-state index < -0.39 is 5.97 Å². The Morgan fingerprint density at radius 3 is 2.42 bits per heavy atom. The van der Waals surface area contributed by atoms with Gasteiger partial charge in [0.25, 0.3) is 0 Å². The number of methoxy groups -OCH3 is 1. The number of hydrogen-bond donors (Lipinski definition) is 2. The smallest absolute Gasteiger partial charge is 0.303 e. The minimum absolute atomic E-state index is 0.0191. The van der Waals surface area contributed by atoms with Crippen molar-refractivity contribution in [2.24, 2.45) is 5.41 Å². The first-order chi connectivity index (χ1) is 18.0. The average Bonchev–Trinajstić information content (AvgIpc) is 2.84. The largest absolute Gasteiger partial charge is 0.493 e. The van der Waals surface area contributed by atoms with E-state index in [0.29, 0.717) is 32.6 Å². The first-order valence-corrected chi connectivity index (χ1v) is 13.4. The van der Waals surface area contributed by atoms with Crippen molar-refractivity contribution < 1.29 is 23.8 Å². The van der Waals surface area contributed by atoms with Gasteiger partial charge in [0.2, 0.25) is 0 Å². The number of aryl methyl sites for hydroxylation is 2. The number of halogens is 1. The van der Waals surface area contributed by atoms with E-state index in [2.05, 4.69) is 75.5 Å². The number of hydrogen-bond acceptors (Lipinski definition) is 4. The Morgan fingerprint density at radius 1 is 1.08 bits per heavy atom. The van der Waals surface area contributed by atoms with E-state index in [0.717, 1.165) is 40.1 Å². The molecule has 0 radical (unpaired) electrons. The predicted octanol–water partition coefficient (Wildman–Crippen LogP) is 7.90. The number of nitrogens with one attached hydrogen (secondary N) is 1. The fraction of sp³-hybridized carbons (Fsp3) is 0.469. The third-order valence-electron chi connectivity index (χ3n) is 6.21. The molecule has 0 aliphatic carbocycles. The Balaban J connectivity index is 2.08. The third-order valence-corrected chi connectivity index (χ3v) is 6.21. The lowest BCUT2D eigenvalue weighted by atomic mass is 9.94. The third kappa shape index (κ3) is 10.7. The maximum atomic E-state index is 14.1. The topological polar surface area (TPSA) is 67.8 Å². The zero-order valence-electron chi connectivity index (χ0n) is 23.8. The molecule has 0 atom stereocenters. The van der Waals surface area contributed by atoms with E-state index in [1.54, 1.807) is 13.2 Å². The van der Waals surface area contributed by atoms with Gasteiger partial charge in [-0.25, -0.2) is 4.39 Å². The molecule has 0 bridgehead atoms. The van der Waals surface area contributed by atoms with E-state index in [1.165, 1.54) is 5.56 Å². The summed E-state index contributed by atoms with van der Waals surface area (Å²) in [7, 11) is 1.71. The van der Waals surface area contributed by atoms with Gasteiger partial charge in [-0.1, -0.05) is 45.0 Å². The quantitative estimate of drug-likeness (QED) is 0.233. The number of carbonyl (C=O) groups is 1. The molecule has 208 valence electrons. The number of carboxylic acids is 1. The van der Waals surface area contributed by atoms with Crippen LogP contribution in [0.15, 0.2) is 60.1 Å². The summed E-state index contributed by atoms with van der Waals surface area (Å²) in [4.78, 5) is 10.6. The summed E-state index contributed by atoms with van der Waals surface area (Å²) in [5, 5.41) is 12.2. The molecule has 0 spiro atoms. The number of rotatable bonds is 16. The van der Waals surface area contributed by atoms with Crippen molar-refractivity contribution in [1.82, 2.24) is 5.32 Å². The number of benzene rings is 2. The number of aliphatic carboxylic acids is 1. The summed E-state index contributed by atoms with van der Waals surface area (Å²) in [6, 6.07) is 12.7. The number of ether oxygens (including phenoxy) is 2. The molecule has 0 saturated heterocycles. The van der Waals surface area contributed by atoms with Crippen LogP contribution < -0.4 is 10.1 Å². The summed E-state index contributed by atoms with van der Waals surface area (Å²) in [5.41, 5.74) is 6.69. The van der Waals surface area contributed by atoms with Crippen LogP contribution in [-0.2, 0) is 16.1 Å². The minimum Gasteiger partial charge on any atom is -0.493 e. The van der Waals surface area contributed by atoms with Crippen LogP contribution in [0.4, 0.5) is 4.39 Å². The lowest BCUT2D eigenvalue weighted by Crippen LogP contribution is -2.26. The van der Waals surface area contributed by atoms with Gasteiger partial charge in [-0.3, -0.25) is 4.79 Å².